The van der Waals surface area contributed by atoms with Gasteiger partial charge in [0.15, 0.2) is 0 Å². The summed E-state index contributed by atoms with van der Waals surface area (Å²) in [5.74, 6) is -0.719. The van der Waals surface area contributed by atoms with Crippen LogP contribution in [0.1, 0.15) is 19.4 Å². The lowest BCUT2D eigenvalue weighted by molar-refractivity contribution is -0.274. The number of benzene rings is 2. The van der Waals surface area contributed by atoms with Gasteiger partial charge in [-0.1, -0.05) is 0 Å². The highest BCUT2D eigenvalue weighted by Crippen LogP contribution is 2.30. The van der Waals surface area contributed by atoms with Crippen LogP contribution >= 0.6 is 0 Å². The fourth-order valence-electron chi connectivity index (χ4n) is 3.12. The number of halogens is 3. The normalized spacial score (nSPS) is 14.2. The van der Waals surface area contributed by atoms with Gasteiger partial charge in [-0.05, 0) is 61.4 Å². The Balaban J connectivity index is 1.59. The molecule has 9 heteroatoms. The van der Waals surface area contributed by atoms with Crippen molar-refractivity contribution in [3.63, 3.8) is 0 Å². The molecule has 3 rings (SSSR count). The minimum Gasteiger partial charge on any atom is -0.406 e. The summed E-state index contributed by atoms with van der Waals surface area (Å²) in [4.78, 5) is 25.7. The predicted octanol–water partition coefficient (Wildman–Crippen LogP) is 3.93. The molecule has 2 N–H and O–H groups in total. The average Bonchev–Trinajstić information content (AvgIpc) is 3.05. The first kappa shape index (κ1) is 20.5. The van der Waals surface area contributed by atoms with E-state index >= 15 is 0 Å². The molecule has 0 fully saturated rings. The van der Waals surface area contributed by atoms with E-state index in [1.54, 1.807) is 17.9 Å². The molecule has 0 aromatic heterocycles. The summed E-state index contributed by atoms with van der Waals surface area (Å²) < 4.78 is 40.4. The summed E-state index contributed by atoms with van der Waals surface area (Å²) in [5, 5.41) is 5.72. The Kier molecular flexibility index (Phi) is 5.67. The van der Waals surface area contributed by atoms with Crippen LogP contribution in [0.5, 0.6) is 5.75 Å². The van der Waals surface area contributed by atoms with Crippen molar-refractivity contribution >= 4 is 28.9 Å². The third-order valence-corrected chi connectivity index (χ3v) is 4.49. The molecule has 1 unspecified atom stereocenters. The Morgan fingerprint density at radius 2 is 1.76 bits per heavy atom. The number of rotatable bonds is 5. The second kappa shape index (κ2) is 8.02. The van der Waals surface area contributed by atoms with Crippen molar-refractivity contribution in [3.8, 4) is 5.75 Å². The summed E-state index contributed by atoms with van der Waals surface area (Å²) in [7, 11) is 0. The Morgan fingerprint density at radius 1 is 1.10 bits per heavy atom. The van der Waals surface area contributed by atoms with Gasteiger partial charge in [-0.3, -0.25) is 9.59 Å². The Hall–Kier alpha value is -3.23. The van der Waals surface area contributed by atoms with Crippen molar-refractivity contribution in [1.82, 2.24) is 0 Å². The number of anilines is 3. The molecular weight excluding hydrogens is 387 g/mol. The van der Waals surface area contributed by atoms with Crippen molar-refractivity contribution in [2.24, 2.45) is 0 Å². The first-order valence-electron chi connectivity index (χ1n) is 8.96. The zero-order valence-corrected chi connectivity index (χ0v) is 15.8. The van der Waals surface area contributed by atoms with Gasteiger partial charge in [0.1, 0.15) is 11.8 Å². The van der Waals surface area contributed by atoms with Crippen LogP contribution in [0.4, 0.5) is 30.2 Å². The van der Waals surface area contributed by atoms with Crippen LogP contribution in [0.3, 0.4) is 0 Å². The van der Waals surface area contributed by atoms with Crippen molar-refractivity contribution in [2.75, 3.05) is 22.1 Å². The van der Waals surface area contributed by atoms with E-state index in [9.17, 15) is 22.8 Å². The molecule has 1 heterocycles. The molecule has 2 aromatic carbocycles. The minimum atomic E-state index is -4.76. The summed E-state index contributed by atoms with van der Waals surface area (Å²) in [6.07, 6.45) is -4.02. The van der Waals surface area contributed by atoms with Gasteiger partial charge in [-0.25, -0.2) is 0 Å². The maximum Gasteiger partial charge on any atom is 0.573 e. The van der Waals surface area contributed by atoms with Gasteiger partial charge in [-0.2, -0.15) is 0 Å². The van der Waals surface area contributed by atoms with Gasteiger partial charge in [0.05, 0.1) is 0 Å². The topological polar surface area (TPSA) is 70.7 Å². The maximum absolute atomic E-state index is 12.4. The number of alkyl halides is 3. The van der Waals surface area contributed by atoms with Crippen LogP contribution in [0.15, 0.2) is 42.5 Å². The number of ether oxygens (including phenoxy) is 1. The van der Waals surface area contributed by atoms with Gasteiger partial charge in [0.2, 0.25) is 11.8 Å². The molecule has 2 aromatic rings. The van der Waals surface area contributed by atoms with E-state index in [1.807, 2.05) is 12.1 Å². The smallest absolute Gasteiger partial charge is 0.406 e. The lowest BCUT2D eigenvalue weighted by Crippen LogP contribution is -2.31. The molecule has 0 saturated carbocycles. The Bertz CT molecular complexity index is 913. The number of amides is 2. The molecule has 6 nitrogen and oxygen atoms in total. The van der Waals surface area contributed by atoms with Crippen molar-refractivity contribution < 1.29 is 27.5 Å². The third-order valence-electron chi connectivity index (χ3n) is 4.49. The van der Waals surface area contributed by atoms with Gasteiger partial charge in [0, 0.05) is 30.5 Å². The second-order valence-electron chi connectivity index (χ2n) is 6.69. The fourth-order valence-corrected chi connectivity index (χ4v) is 3.12. The van der Waals surface area contributed by atoms with Gasteiger partial charge < -0.3 is 20.3 Å². The molecule has 1 aliphatic rings. The van der Waals surface area contributed by atoms with Crippen LogP contribution in [-0.4, -0.2) is 30.8 Å². The largest absolute Gasteiger partial charge is 0.573 e. The van der Waals surface area contributed by atoms with E-state index < -0.39 is 12.4 Å². The van der Waals surface area contributed by atoms with Crippen LogP contribution in [0.25, 0.3) is 0 Å². The highest BCUT2D eigenvalue weighted by atomic mass is 19.4. The number of hydrogen-bond donors (Lipinski definition) is 2. The summed E-state index contributed by atoms with van der Waals surface area (Å²) in [6.45, 7) is 3.83. The molecule has 0 bridgehead atoms. The van der Waals surface area contributed by atoms with Gasteiger partial charge in [0.25, 0.3) is 0 Å². The van der Waals surface area contributed by atoms with E-state index in [4.69, 9.17) is 0 Å². The van der Waals surface area contributed by atoms with E-state index in [-0.39, 0.29) is 17.6 Å². The number of nitrogens with one attached hydrogen (secondary N) is 2. The lowest BCUT2D eigenvalue weighted by atomic mass is 10.1. The van der Waals surface area contributed by atoms with Crippen molar-refractivity contribution in [2.45, 2.75) is 32.7 Å². The molecular formula is C20H20F3N3O3. The van der Waals surface area contributed by atoms with Crippen LogP contribution in [-0.2, 0) is 16.0 Å². The van der Waals surface area contributed by atoms with Gasteiger partial charge >= 0.3 is 6.36 Å². The molecule has 0 saturated heterocycles. The maximum atomic E-state index is 12.4. The molecule has 29 heavy (non-hydrogen) atoms. The zero-order chi connectivity index (χ0) is 21.2. The Labute approximate surface area is 165 Å². The number of nitrogens with zero attached hydrogens (tertiary/aromatic N) is 1. The van der Waals surface area contributed by atoms with E-state index in [0.717, 1.165) is 35.5 Å². The highest BCUT2D eigenvalue weighted by molar-refractivity contribution is 5.97. The molecule has 0 spiro atoms. The molecule has 0 aliphatic carbocycles. The van der Waals surface area contributed by atoms with E-state index in [1.165, 1.54) is 19.1 Å². The summed E-state index contributed by atoms with van der Waals surface area (Å²) >= 11 is 0. The van der Waals surface area contributed by atoms with Crippen molar-refractivity contribution in [3.05, 3.63) is 48.0 Å². The third kappa shape index (κ3) is 5.18. The first-order valence-corrected chi connectivity index (χ1v) is 8.96. The van der Waals surface area contributed by atoms with Crippen LogP contribution in [0, 0.1) is 0 Å². The zero-order valence-electron chi connectivity index (χ0n) is 15.8. The van der Waals surface area contributed by atoms with Crippen LogP contribution < -0.4 is 20.3 Å². The molecule has 2 amide bonds. The first-order chi connectivity index (χ1) is 13.6. The van der Waals surface area contributed by atoms with E-state index in [2.05, 4.69) is 15.4 Å². The lowest BCUT2D eigenvalue weighted by Gasteiger charge is -2.18. The monoisotopic (exact) mass is 407 g/mol. The molecule has 1 atom stereocenters. The number of hydrogen-bond acceptors (Lipinski definition) is 4. The standard InChI is InChI=1S/C20H20F3N3O3/c1-12(19(28)25-15-3-6-17(7-4-15)29-20(21,22)23)24-16-5-8-18-14(11-16)9-10-26(18)13(2)27/h3-8,11-12,24H,9-10H2,1-2H3,(H,25,28). The van der Waals surface area contributed by atoms with E-state index in [0.29, 0.717) is 12.2 Å². The summed E-state index contributed by atoms with van der Waals surface area (Å²) in [5.41, 5.74) is 2.99. The molecule has 0 radical (unpaired) electrons. The predicted molar refractivity (Wildman–Crippen MR) is 103 cm³/mol. The minimum absolute atomic E-state index is 0.0103. The number of carbonyl (C=O) groups excluding carboxylic acids is 2. The SMILES string of the molecule is CC(=O)N1CCc2cc(NC(C)C(=O)Nc3ccc(OC(F)(F)F)cc3)ccc21. The van der Waals surface area contributed by atoms with Crippen LogP contribution in [0.2, 0.25) is 0 Å². The Morgan fingerprint density at radius 3 is 2.38 bits per heavy atom. The fraction of sp³-hybridized carbons (Fsp3) is 0.300. The average molecular weight is 407 g/mol. The highest BCUT2D eigenvalue weighted by Gasteiger charge is 2.31. The quantitative estimate of drug-likeness (QED) is 0.788. The molecule has 154 valence electrons. The summed E-state index contributed by atoms with van der Waals surface area (Å²) in [6, 6.07) is 9.87. The number of carbonyl (C=O) groups is 2. The number of fused-ring (bicyclic) bond motifs is 1. The van der Waals surface area contributed by atoms with Crippen molar-refractivity contribution in [1.29, 1.82) is 0 Å². The van der Waals surface area contributed by atoms with Gasteiger partial charge in [-0.15, -0.1) is 13.2 Å². The molecule has 1 aliphatic heterocycles. The second-order valence-corrected chi connectivity index (χ2v) is 6.69.